The van der Waals surface area contributed by atoms with Gasteiger partial charge in [0.25, 0.3) is 5.91 Å². The van der Waals surface area contributed by atoms with Gasteiger partial charge in [0.05, 0.1) is 12.1 Å². The first-order valence-corrected chi connectivity index (χ1v) is 10.7. The van der Waals surface area contributed by atoms with Crippen molar-refractivity contribution in [2.24, 2.45) is 0 Å². The average molecular weight is 422 g/mol. The number of nitrogens with one attached hydrogen (secondary N) is 2. The maximum atomic E-state index is 12.4. The van der Waals surface area contributed by atoms with Crippen LogP contribution in [0, 0.1) is 6.92 Å². The van der Waals surface area contributed by atoms with E-state index in [-0.39, 0.29) is 12.5 Å². The Hall–Kier alpha value is -2.39. The molecule has 7 nitrogen and oxygen atoms in total. The molecule has 2 aromatic rings. The minimum absolute atomic E-state index is 0.142. The highest BCUT2D eigenvalue weighted by Gasteiger charge is 2.15. The molecule has 0 saturated carbocycles. The van der Waals surface area contributed by atoms with Gasteiger partial charge < -0.3 is 15.4 Å². The molecule has 0 atom stereocenters. The predicted molar refractivity (Wildman–Crippen MR) is 109 cm³/mol. The van der Waals surface area contributed by atoms with Crippen LogP contribution in [0.2, 0.25) is 0 Å². The molecule has 1 heterocycles. The van der Waals surface area contributed by atoms with Gasteiger partial charge in [0, 0.05) is 23.4 Å². The Kier molecular flexibility index (Phi) is 8.96. The minimum atomic E-state index is -0.572. The maximum absolute atomic E-state index is 12.4. The van der Waals surface area contributed by atoms with E-state index in [1.807, 2.05) is 31.4 Å². The average Bonchev–Trinajstić information content (AvgIpc) is 3.12. The van der Waals surface area contributed by atoms with E-state index in [2.05, 4.69) is 15.6 Å². The van der Waals surface area contributed by atoms with E-state index in [0.29, 0.717) is 17.9 Å². The lowest BCUT2D eigenvalue weighted by atomic mass is 10.1. The fourth-order valence-corrected chi connectivity index (χ4v) is 4.00. The third kappa shape index (κ3) is 7.32. The van der Waals surface area contributed by atoms with Crippen LogP contribution in [0.25, 0.3) is 0 Å². The Morgan fingerprint density at radius 3 is 2.68 bits per heavy atom. The molecule has 2 N–H and O–H groups in total. The van der Waals surface area contributed by atoms with E-state index in [0.717, 1.165) is 22.0 Å². The Bertz CT molecular complexity index is 823. The van der Waals surface area contributed by atoms with Crippen LogP contribution in [0.3, 0.4) is 0 Å². The van der Waals surface area contributed by atoms with Gasteiger partial charge >= 0.3 is 5.97 Å². The summed E-state index contributed by atoms with van der Waals surface area (Å²) in [6.07, 6.45) is 0.817. The third-order valence-electron chi connectivity index (χ3n) is 3.54. The zero-order valence-corrected chi connectivity index (χ0v) is 17.5. The number of esters is 1. The Morgan fingerprint density at radius 1 is 1.18 bits per heavy atom. The summed E-state index contributed by atoms with van der Waals surface area (Å²) in [6.45, 7) is 3.85. The predicted octanol–water partition coefficient (Wildman–Crippen LogP) is 2.54. The molecule has 0 fully saturated rings. The summed E-state index contributed by atoms with van der Waals surface area (Å²) in [7, 11) is 0. The number of carbonyl (C=O) groups excluding carboxylic acids is 3. The zero-order valence-electron chi connectivity index (χ0n) is 15.8. The van der Waals surface area contributed by atoms with Crippen LogP contribution in [-0.2, 0) is 20.1 Å². The number of benzene rings is 1. The van der Waals surface area contributed by atoms with E-state index in [4.69, 9.17) is 4.74 Å². The van der Waals surface area contributed by atoms with Crippen molar-refractivity contribution in [2.75, 3.05) is 19.7 Å². The summed E-state index contributed by atoms with van der Waals surface area (Å²) in [5.74, 6) is -0.800. The van der Waals surface area contributed by atoms with Gasteiger partial charge in [0.1, 0.15) is 4.34 Å². The molecular formula is C19H23N3O4S2. The number of hydrogen-bond donors (Lipinski definition) is 2. The highest BCUT2D eigenvalue weighted by molar-refractivity contribution is 8.00. The topological polar surface area (TPSA) is 97.4 Å². The van der Waals surface area contributed by atoms with Crippen molar-refractivity contribution in [1.29, 1.82) is 0 Å². The van der Waals surface area contributed by atoms with Crippen LogP contribution in [0.15, 0.2) is 34.0 Å². The van der Waals surface area contributed by atoms with Crippen LogP contribution in [0.4, 0.5) is 0 Å². The first-order valence-electron chi connectivity index (χ1n) is 8.83. The lowest BCUT2D eigenvalue weighted by molar-refractivity contribution is -0.127. The van der Waals surface area contributed by atoms with Gasteiger partial charge in [0.2, 0.25) is 5.91 Å². The van der Waals surface area contributed by atoms with E-state index in [1.54, 1.807) is 35.2 Å². The smallest absolute Gasteiger partial charge is 0.338 e. The van der Waals surface area contributed by atoms with Gasteiger partial charge in [-0.05, 0) is 25.0 Å². The molecule has 150 valence electrons. The molecule has 28 heavy (non-hydrogen) atoms. The number of aryl methyl sites for hydroxylation is 1. The second-order valence-corrected chi connectivity index (χ2v) is 7.98. The monoisotopic (exact) mass is 421 g/mol. The second-order valence-electron chi connectivity index (χ2n) is 5.90. The minimum Gasteiger partial charge on any atom is -0.452 e. The van der Waals surface area contributed by atoms with Crippen molar-refractivity contribution in [1.82, 2.24) is 15.6 Å². The van der Waals surface area contributed by atoms with Gasteiger partial charge in [-0.15, -0.1) is 11.3 Å². The fraction of sp³-hybridized carbons (Fsp3) is 0.368. The Morgan fingerprint density at radius 2 is 1.96 bits per heavy atom. The van der Waals surface area contributed by atoms with Gasteiger partial charge in [0.15, 0.2) is 6.61 Å². The molecule has 2 amide bonds. The number of amides is 2. The molecule has 2 rings (SSSR count). The van der Waals surface area contributed by atoms with Gasteiger partial charge in [-0.1, -0.05) is 36.9 Å². The molecule has 0 unspecified atom stereocenters. The maximum Gasteiger partial charge on any atom is 0.338 e. The normalized spacial score (nSPS) is 10.4. The molecule has 0 aliphatic carbocycles. The van der Waals surface area contributed by atoms with Crippen LogP contribution in [0.5, 0.6) is 0 Å². The first-order chi connectivity index (χ1) is 13.5. The quantitative estimate of drug-likeness (QED) is 0.452. The lowest BCUT2D eigenvalue weighted by Gasteiger charge is -2.09. The molecule has 0 saturated heterocycles. The van der Waals surface area contributed by atoms with Crippen molar-refractivity contribution >= 4 is 40.9 Å². The summed E-state index contributed by atoms with van der Waals surface area (Å²) in [5.41, 5.74) is 2.19. The van der Waals surface area contributed by atoms with E-state index >= 15 is 0 Å². The van der Waals surface area contributed by atoms with E-state index in [1.165, 1.54) is 0 Å². The number of hydrogen-bond acceptors (Lipinski definition) is 7. The fourth-order valence-electron chi connectivity index (χ4n) is 2.15. The van der Waals surface area contributed by atoms with Crippen LogP contribution in [-0.4, -0.2) is 42.5 Å². The summed E-state index contributed by atoms with van der Waals surface area (Å²) in [6, 6.07) is 7.11. The summed E-state index contributed by atoms with van der Waals surface area (Å²) < 4.78 is 6.03. The molecule has 1 aromatic heterocycles. The molecule has 0 radical (unpaired) electrons. The SMILES string of the molecule is CCCNC(=O)CNC(=O)COC(=O)c1ccccc1CSc1nc(C)cs1. The number of rotatable bonds is 10. The van der Waals surface area contributed by atoms with Crippen molar-refractivity contribution < 1.29 is 19.1 Å². The molecule has 0 bridgehead atoms. The molecule has 1 aromatic carbocycles. The Labute approximate surface area is 172 Å². The number of nitrogens with zero attached hydrogens (tertiary/aromatic N) is 1. The Balaban J connectivity index is 1.83. The van der Waals surface area contributed by atoms with Gasteiger partial charge in [-0.2, -0.15) is 0 Å². The van der Waals surface area contributed by atoms with Crippen LogP contribution in [0.1, 0.15) is 35.0 Å². The summed E-state index contributed by atoms with van der Waals surface area (Å²) >= 11 is 3.10. The molecular weight excluding hydrogens is 398 g/mol. The van der Waals surface area contributed by atoms with Crippen molar-refractivity contribution in [3.63, 3.8) is 0 Å². The summed E-state index contributed by atoms with van der Waals surface area (Å²) in [4.78, 5) is 40.0. The van der Waals surface area contributed by atoms with Crippen LogP contribution < -0.4 is 10.6 Å². The van der Waals surface area contributed by atoms with Gasteiger partial charge in [-0.3, -0.25) is 9.59 Å². The van der Waals surface area contributed by atoms with Crippen molar-refractivity contribution in [3.8, 4) is 0 Å². The zero-order chi connectivity index (χ0) is 20.4. The second kappa shape index (κ2) is 11.5. The number of thiazole rings is 1. The highest BCUT2D eigenvalue weighted by atomic mass is 32.2. The standard InChI is InChI=1S/C19H23N3O4S2/c1-3-8-20-16(23)9-21-17(24)10-26-18(25)15-7-5-4-6-14(15)12-28-19-22-13(2)11-27-19/h4-7,11H,3,8-10,12H2,1-2H3,(H,20,23)(H,21,24). The van der Waals surface area contributed by atoms with Crippen molar-refractivity contribution in [2.45, 2.75) is 30.4 Å². The molecule has 0 aliphatic rings. The molecule has 0 spiro atoms. The summed E-state index contributed by atoms with van der Waals surface area (Å²) in [5, 5.41) is 7.05. The largest absolute Gasteiger partial charge is 0.452 e. The van der Waals surface area contributed by atoms with Crippen LogP contribution >= 0.6 is 23.1 Å². The van der Waals surface area contributed by atoms with E-state index in [9.17, 15) is 14.4 Å². The lowest BCUT2D eigenvalue weighted by Crippen LogP contribution is -2.38. The third-order valence-corrected chi connectivity index (χ3v) is 5.73. The number of ether oxygens (including phenoxy) is 1. The number of thioether (sulfide) groups is 1. The van der Waals surface area contributed by atoms with Crippen molar-refractivity contribution in [3.05, 3.63) is 46.5 Å². The number of aromatic nitrogens is 1. The first kappa shape index (κ1) is 21.9. The van der Waals surface area contributed by atoms with E-state index < -0.39 is 18.5 Å². The highest BCUT2D eigenvalue weighted by Crippen LogP contribution is 2.27. The molecule has 9 heteroatoms. The van der Waals surface area contributed by atoms with Gasteiger partial charge in [-0.25, -0.2) is 9.78 Å². The number of carbonyl (C=O) groups is 3. The molecule has 0 aliphatic heterocycles.